The van der Waals surface area contributed by atoms with Crippen LogP contribution in [0.4, 0.5) is 4.39 Å². The van der Waals surface area contributed by atoms with Gasteiger partial charge in [-0.15, -0.1) is 0 Å². The van der Waals surface area contributed by atoms with Crippen molar-refractivity contribution in [3.05, 3.63) is 89.7 Å². The van der Waals surface area contributed by atoms with Crippen LogP contribution >= 0.6 is 0 Å². The first kappa shape index (κ1) is 24.8. The minimum Gasteiger partial charge on any atom is -0.493 e. The summed E-state index contributed by atoms with van der Waals surface area (Å²) >= 11 is 0. The van der Waals surface area contributed by atoms with Crippen molar-refractivity contribution in [2.75, 3.05) is 14.0 Å². The second kappa shape index (κ2) is 11.4. The highest BCUT2D eigenvalue weighted by Crippen LogP contribution is 2.33. The van der Waals surface area contributed by atoms with Crippen molar-refractivity contribution in [1.82, 2.24) is 15.3 Å². The highest BCUT2D eigenvalue weighted by atomic mass is 19.1. The zero-order valence-electron chi connectivity index (χ0n) is 20.1. The largest absolute Gasteiger partial charge is 0.493 e. The molecule has 186 valence electrons. The number of carbonyl (C=O) groups is 2. The number of hydrazone groups is 1. The second-order valence-electron chi connectivity index (χ2n) is 8.17. The summed E-state index contributed by atoms with van der Waals surface area (Å²) in [5, 5.41) is 9.01. The quantitative estimate of drug-likeness (QED) is 0.477. The number of amides is 2. The summed E-state index contributed by atoms with van der Waals surface area (Å²) in [5.41, 5.74) is 2.43. The summed E-state index contributed by atoms with van der Waals surface area (Å²) < 4.78 is 23.3. The second-order valence-corrected chi connectivity index (χ2v) is 8.17. The number of rotatable bonds is 9. The molecule has 1 aliphatic heterocycles. The van der Waals surface area contributed by atoms with E-state index in [-0.39, 0.29) is 29.9 Å². The molecule has 0 spiro atoms. The molecule has 2 aromatic carbocycles. The Morgan fingerprint density at radius 1 is 1.14 bits per heavy atom. The molecule has 4 rings (SSSR count). The Hall–Kier alpha value is -4.27. The number of pyridine rings is 1. The molecule has 0 bridgehead atoms. The summed E-state index contributed by atoms with van der Waals surface area (Å²) in [6.07, 6.45) is 3.09. The van der Waals surface area contributed by atoms with Crippen LogP contribution in [0.2, 0.25) is 0 Å². The molecule has 1 N–H and O–H groups in total. The standard InChI is InChI=1S/C27H27FN4O4/c1-3-18-16-24(33)32(31-25(18)21-9-10-22(35-2)23(15-21)36-17-28)26(19-7-5-4-6-8-19)30-27(34)20-11-13-29-14-12-20/h4-15,18,26H,3,16-17H2,1-2H3,(H,30,34). The summed E-state index contributed by atoms with van der Waals surface area (Å²) in [4.78, 5) is 30.3. The highest BCUT2D eigenvalue weighted by molar-refractivity contribution is 6.06. The van der Waals surface area contributed by atoms with Crippen molar-refractivity contribution < 1.29 is 23.5 Å². The fraction of sp³-hybridized carbons (Fsp3) is 0.259. The monoisotopic (exact) mass is 490 g/mol. The molecule has 3 aromatic rings. The lowest BCUT2D eigenvalue weighted by Crippen LogP contribution is -2.46. The SMILES string of the molecule is CCC1CC(=O)N(C(NC(=O)c2ccncc2)c2ccccc2)N=C1c1ccc(OC)c(OCF)c1. The van der Waals surface area contributed by atoms with E-state index in [9.17, 15) is 14.0 Å². The maximum absolute atomic E-state index is 13.3. The number of nitrogens with one attached hydrogen (secondary N) is 1. The topological polar surface area (TPSA) is 93.1 Å². The smallest absolute Gasteiger partial charge is 0.253 e. The van der Waals surface area contributed by atoms with Crippen LogP contribution in [-0.2, 0) is 4.79 Å². The predicted molar refractivity (Wildman–Crippen MR) is 132 cm³/mol. The van der Waals surface area contributed by atoms with E-state index in [4.69, 9.17) is 14.6 Å². The Morgan fingerprint density at radius 3 is 2.56 bits per heavy atom. The molecule has 36 heavy (non-hydrogen) atoms. The summed E-state index contributed by atoms with van der Waals surface area (Å²) in [7, 11) is 1.48. The number of alkyl halides is 1. The predicted octanol–water partition coefficient (Wildman–Crippen LogP) is 4.49. The van der Waals surface area contributed by atoms with Gasteiger partial charge in [-0.3, -0.25) is 14.6 Å². The van der Waals surface area contributed by atoms with Crippen molar-refractivity contribution in [2.45, 2.75) is 25.9 Å². The van der Waals surface area contributed by atoms with Crippen molar-refractivity contribution >= 4 is 17.5 Å². The third-order valence-electron chi connectivity index (χ3n) is 6.01. The molecule has 2 unspecified atom stereocenters. The zero-order valence-corrected chi connectivity index (χ0v) is 20.1. The number of halogens is 1. The van der Waals surface area contributed by atoms with Crippen molar-refractivity contribution in [3.8, 4) is 11.5 Å². The van der Waals surface area contributed by atoms with E-state index >= 15 is 0 Å². The molecular formula is C27H27FN4O4. The molecule has 0 fully saturated rings. The zero-order chi connectivity index (χ0) is 25.5. The third kappa shape index (κ3) is 5.35. The molecule has 8 nitrogen and oxygen atoms in total. The molecule has 0 saturated heterocycles. The minimum absolute atomic E-state index is 0.160. The number of methoxy groups -OCH3 is 1. The van der Waals surface area contributed by atoms with Crippen molar-refractivity contribution in [1.29, 1.82) is 0 Å². The summed E-state index contributed by atoms with van der Waals surface area (Å²) in [6, 6.07) is 17.5. The van der Waals surface area contributed by atoms with Gasteiger partial charge < -0.3 is 14.8 Å². The first-order chi connectivity index (χ1) is 17.5. The highest BCUT2D eigenvalue weighted by Gasteiger charge is 2.35. The lowest BCUT2D eigenvalue weighted by Gasteiger charge is -2.35. The van der Waals surface area contributed by atoms with Gasteiger partial charge in [-0.05, 0) is 42.3 Å². The van der Waals surface area contributed by atoms with E-state index in [0.29, 0.717) is 34.6 Å². The van der Waals surface area contributed by atoms with Crippen molar-refractivity contribution in [3.63, 3.8) is 0 Å². The average molecular weight is 491 g/mol. The minimum atomic E-state index is -1.01. The molecule has 0 aliphatic carbocycles. The van der Waals surface area contributed by atoms with E-state index in [0.717, 1.165) is 0 Å². The van der Waals surface area contributed by atoms with Gasteiger partial charge in [-0.25, -0.2) is 9.40 Å². The number of ether oxygens (including phenoxy) is 2. The van der Waals surface area contributed by atoms with E-state index in [1.54, 1.807) is 30.3 Å². The summed E-state index contributed by atoms with van der Waals surface area (Å²) in [5.74, 6) is -0.114. The Bertz CT molecular complexity index is 1240. The Morgan fingerprint density at radius 2 is 1.89 bits per heavy atom. The Balaban J connectivity index is 1.76. The van der Waals surface area contributed by atoms with E-state index in [1.807, 2.05) is 37.3 Å². The van der Waals surface area contributed by atoms with Crippen LogP contribution in [0, 0.1) is 5.92 Å². The van der Waals surface area contributed by atoms with Crippen molar-refractivity contribution in [2.24, 2.45) is 11.0 Å². The lowest BCUT2D eigenvalue weighted by molar-refractivity contribution is -0.135. The maximum Gasteiger partial charge on any atom is 0.253 e. The number of aromatic nitrogens is 1. The summed E-state index contributed by atoms with van der Waals surface area (Å²) in [6.45, 7) is 0.969. The molecule has 1 aliphatic rings. The normalized spacial score (nSPS) is 16.2. The van der Waals surface area contributed by atoms with Gasteiger partial charge in [0.15, 0.2) is 17.7 Å². The van der Waals surface area contributed by atoms with Crippen LogP contribution in [0.1, 0.15) is 47.4 Å². The fourth-order valence-electron chi connectivity index (χ4n) is 4.13. The average Bonchev–Trinajstić information content (AvgIpc) is 2.92. The van der Waals surface area contributed by atoms with Gasteiger partial charge >= 0.3 is 0 Å². The number of hydrogen-bond donors (Lipinski definition) is 1. The van der Waals surface area contributed by atoms with Gasteiger partial charge in [0.2, 0.25) is 12.8 Å². The van der Waals surface area contributed by atoms with E-state index in [1.165, 1.54) is 24.5 Å². The molecule has 1 aromatic heterocycles. The fourth-order valence-corrected chi connectivity index (χ4v) is 4.13. The van der Waals surface area contributed by atoms with Gasteiger partial charge in [-0.1, -0.05) is 37.3 Å². The van der Waals surface area contributed by atoms with E-state index < -0.39 is 13.0 Å². The lowest BCUT2D eigenvalue weighted by atomic mass is 9.89. The van der Waals surface area contributed by atoms with Gasteiger partial charge in [0.05, 0.1) is 12.8 Å². The molecule has 9 heteroatoms. The number of hydrogen-bond acceptors (Lipinski definition) is 6. The number of carbonyl (C=O) groups excluding carboxylic acids is 2. The Labute approximate surface area is 208 Å². The van der Waals surface area contributed by atoms with Crippen LogP contribution < -0.4 is 14.8 Å². The van der Waals surface area contributed by atoms with Gasteiger partial charge in [0.25, 0.3) is 5.91 Å². The third-order valence-corrected chi connectivity index (χ3v) is 6.01. The molecule has 2 atom stereocenters. The molecular weight excluding hydrogens is 463 g/mol. The van der Waals surface area contributed by atoms with Gasteiger partial charge in [0, 0.05) is 35.9 Å². The maximum atomic E-state index is 13.3. The molecule has 2 amide bonds. The molecule has 0 saturated carbocycles. The van der Waals surface area contributed by atoms with Gasteiger partial charge in [0.1, 0.15) is 0 Å². The van der Waals surface area contributed by atoms with Crippen LogP contribution in [-0.4, -0.2) is 41.5 Å². The van der Waals surface area contributed by atoms with Crippen LogP contribution in [0.25, 0.3) is 0 Å². The van der Waals surface area contributed by atoms with E-state index in [2.05, 4.69) is 10.3 Å². The van der Waals surface area contributed by atoms with Gasteiger partial charge in [-0.2, -0.15) is 5.10 Å². The van der Waals surface area contributed by atoms with Crippen LogP contribution in [0.3, 0.4) is 0 Å². The Kier molecular flexibility index (Phi) is 7.89. The number of nitrogens with zero attached hydrogens (tertiary/aromatic N) is 3. The first-order valence-electron chi connectivity index (χ1n) is 11.6. The number of benzene rings is 2. The van der Waals surface area contributed by atoms with Crippen LogP contribution in [0.15, 0.2) is 78.2 Å². The molecule has 0 radical (unpaired) electrons. The molecule has 2 heterocycles. The first-order valence-corrected chi connectivity index (χ1v) is 11.6. The van der Waals surface area contributed by atoms with Crippen LogP contribution in [0.5, 0.6) is 11.5 Å².